The van der Waals surface area contributed by atoms with Crippen LogP contribution in [0.25, 0.3) is 0 Å². The Morgan fingerprint density at radius 2 is 1.00 bits per heavy atom. The largest absolute Gasteiger partial charge is 0 e. The summed E-state index contributed by atoms with van der Waals surface area (Å²) < 4.78 is 0. The summed E-state index contributed by atoms with van der Waals surface area (Å²) in [6, 6.07) is 0. The first-order valence-corrected chi connectivity index (χ1v) is 0. The van der Waals surface area contributed by atoms with Crippen LogP contribution in [0.3, 0.4) is 0 Å². The summed E-state index contributed by atoms with van der Waals surface area (Å²) in [4.78, 5) is 0. The van der Waals surface area contributed by atoms with Crippen LogP contribution in [0.5, 0.6) is 0 Å². The predicted molar refractivity (Wildman–Crippen MR) is 0 cm³/mol. The maximum Gasteiger partial charge on any atom is 0 e. The van der Waals surface area contributed by atoms with E-state index in [-0.39, 0.29) is 77.1 Å². The van der Waals surface area contributed by atoms with Gasteiger partial charge >= 0.3 is 0 Å². The fraction of sp³-hybridized carbons (Fsp3) is 0. The summed E-state index contributed by atoms with van der Waals surface area (Å²) in [5.74, 6) is 0. The number of rotatable bonds is 0. The summed E-state index contributed by atoms with van der Waals surface area (Å²) in [5, 5.41) is 0. The third kappa shape index (κ3) is 8.83. The molecule has 0 aromatic heterocycles. The van der Waals surface area contributed by atoms with Crippen molar-refractivity contribution in [3.05, 3.63) is 0 Å². The van der Waals surface area contributed by atoms with E-state index in [4.69, 9.17) is 0 Å². The molecule has 0 rings (SSSR count). The Hall–Kier alpha value is 2.43. The molecule has 0 N–H and O–H groups in total. The topological polar surface area (TPSA) is 0 Å². The van der Waals surface area contributed by atoms with Crippen LogP contribution in [0.4, 0.5) is 0 Å². The Kier molecular flexibility index (Phi) is 145. The van der Waals surface area contributed by atoms with E-state index in [1.807, 2.05) is 0 Å². The minimum atomic E-state index is 0. The molecule has 0 fully saturated rings. The maximum absolute atomic E-state index is 0. The molecular formula is CoCuFeZr. The van der Waals surface area contributed by atoms with Crippen LogP contribution in [0.1, 0.15) is 0 Å². The molecule has 0 aliphatic heterocycles. The van der Waals surface area contributed by atoms with Crippen molar-refractivity contribution in [1.82, 2.24) is 0 Å². The molecule has 0 amide bonds. The van der Waals surface area contributed by atoms with Gasteiger partial charge in [0.15, 0.2) is 0 Å². The standard InChI is InChI=1S/Co.Cu.Fe.Zr. The van der Waals surface area contributed by atoms with E-state index in [1.54, 1.807) is 0 Å². The van der Waals surface area contributed by atoms with Crippen LogP contribution in [-0.2, 0) is 77.1 Å². The molecule has 0 aliphatic carbocycles. The van der Waals surface area contributed by atoms with Crippen LogP contribution in [-0.4, -0.2) is 0 Å². The summed E-state index contributed by atoms with van der Waals surface area (Å²) >= 11 is 0. The van der Waals surface area contributed by atoms with Gasteiger partial charge in [-0.05, 0) is 0 Å². The van der Waals surface area contributed by atoms with Crippen molar-refractivity contribution < 1.29 is 77.1 Å². The first-order valence-electron chi connectivity index (χ1n) is 0. The molecule has 0 atom stereocenters. The summed E-state index contributed by atoms with van der Waals surface area (Å²) in [6.07, 6.45) is 0. The molecular weight excluding hydrogens is 270 g/mol. The Morgan fingerprint density at radius 1 is 1.00 bits per heavy atom. The van der Waals surface area contributed by atoms with Gasteiger partial charge in [-0.2, -0.15) is 0 Å². The van der Waals surface area contributed by atoms with Gasteiger partial charge in [0.25, 0.3) is 0 Å². The van der Waals surface area contributed by atoms with E-state index in [1.165, 1.54) is 0 Å². The zero-order chi connectivity index (χ0) is 0. The van der Waals surface area contributed by atoms with E-state index in [0.717, 1.165) is 0 Å². The second-order valence-corrected chi connectivity index (χ2v) is 0. The second kappa shape index (κ2) is 18.1. The maximum atomic E-state index is 0. The van der Waals surface area contributed by atoms with Gasteiger partial charge in [-0.25, -0.2) is 0 Å². The third-order valence-corrected chi connectivity index (χ3v) is 0. The molecule has 0 saturated heterocycles. The summed E-state index contributed by atoms with van der Waals surface area (Å²) in [5.41, 5.74) is 0. The van der Waals surface area contributed by atoms with Crippen molar-refractivity contribution in [3.63, 3.8) is 0 Å². The zero-order valence-electron chi connectivity index (χ0n) is 1.49. The summed E-state index contributed by atoms with van der Waals surface area (Å²) in [7, 11) is 0. The monoisotopic (exact) mass is 268 g/mol. The quantitative estimate of drug-likeness (QED) is 0.543. The zero-order valence-corrected chi connectivity index (χ0v) is 7.03. The van der Waals surface area contributed by atoms with Gasteiger partial charge in [-0.1, -0.05) is 0 Å². The fourth-order valence-electron chi connectivity index (χ4n) is 0. The van der Waals surface area contributed by atoms with Crippen LogP contribution < -0.4 is 0 Å². The third-order valence-electron chi connectivity index (χ3n) is 0. The Balaban J connectivity index is 0. The number of hydrogen-bond donors (Lipinski definition) is 0. The Bertz CT molecular complexity index is 8.00. The van der Waals surface area contributed by atoms with E-state index < -0.39 is 0 Å². The van der Waals surface area contributed by atoms with Crippen molar-refractivity contribution in [2.75, 3.05) is 0 Å². The van der Waals surface area contributed by atoms with Gasteiger partial charge in [-0.3, -0.25) is 0 Å². The van der Waals surface area contributed by atoms with Crippen LogP contribution >= 0.6 is 0 Å². The van der Waals surface area contributed by atoms with Crippen molar-refractivity contribution in [1.29, 1.82) is 0 Å². The first-order chi connectivity index (χ1) is 0. The molecule has 0 aromatic carbocycles. The minimum absolute atomic E-state index is 0. The Labute approximate surface area is 76.1 Å². The van der Waals surface area contributed by atoms with Crippen molar-refractivity contribution >= 4 is 0 Å². The smallest absolute Gasteiger partial charge is 0 e. The molecule has 0 spiro atoms. The van der Waals surface area contributed by atoms with Crippen LogP contribution in [0, 0.1) is 0 Å². The van der Waals surface area contributed by atoms with Gasteiger partial charge in [0.05, 0.1) is 0 Å². The molecule has 4 heteroatoms. The van der Waals surface area contributed by atoms with E-state index in [9.17, 15) is 0 Å². The van der Waals surface area contributed by atoms with Gasteiger partial charge in [-0.15, -0.1) is 0 Å². The molecule has 4 heavy (non-hydrogen) atoms. The Morgan fingerprint density at radius 3 is 1.00 bits per heavy atom. The van der Waals surface area contributed by atoms with E-state index >= 15 is 0 Å². The second-order valence-electron chi connectivity index (χ2n) is 0. The molecule has 0 heterocycles. The molecule has 0 nitrogen and oxygen atoms in total. The van der Waals surface area contributed by atoms with Crippen molar-refractivity contribution in [2.45, 2.75) is 0 Å². The van der Waals surface area contributed by atoms with Crippen molar-refractivity contribution in [2.24, 2.45) is 0 Å². The first kappa shape index (κ1) is 32.1. The molecule has 0 aromatic rings. The fourth-order valence-corrected chi connectivity index (χ4v) is 0. The van der Waals surface area contributed by atoms with E-state index in [0.29, 0.717) is 0 Å². The molecule has 0 saturated carbocycles. The minimum Gasteiger partial charge on any atom is 0 e. The number of hydrogen-bond acceptors (Lipinski definition) is 0. The van der Waals surface area contributed by atoms with E-state index in [2.05, 4.69) is 0 Å². The normalized spacial score (nSPS) is 0. The van der Waals surface area contributed by atoms with Gasteiger partial charge in [0.2, 0.25) is 0 Å². The van der Waals surface area contributed by atoms with Gasteiger partial charge in [0.1, 0.15) is 0 Å². The van der Waals surface area contributed by atoms with Gasteiger partial charge in [0, 0.05) is 77.1 Å². The molecule has 0 aliphatic rings. The molecule has 32 valence electrons. The van der Waals surface area contributed by atoms with Gasteiger partial charge < -0.3 is 0 Å². The molecule has 0 unspecified atom stereocenters. The van der Waals surface area contributed by atoms with Crippen molar-refractivity contribution in [3.8, 4) is 0 Å². The average molecular weight is 270 g/mol. The SMILES string of the molecule is [Co].[Cu].[Fe].[Zr]. The molecule has 0 bridgehead atoms. The van der Waals surface area contributed by atoms with Crippen LogP contribution in [0.15, 0.2) is 0 Å². The average Bonchev–Trinajstić information content (AvgIpc) is 0. The van der Waals surface area contributed by atoms with Crippen LogP contribution in [0.2, 0.25) is 0 Å². The predicted octanol–water partition coefficient (Wildman–Crippen LogP) is -0.0100. The molecule has 2 radical (unpaired) electrons. The summed E-state index contributed by atoms with van der Waals surface area (Å²) in [6.45, 7) is 0.